The van der Waals surface area contributed by atoms with Crippen LogP contribution < -0.4 is 10.1 Å². The first-order valence-electron chi connectivity index (χ1n) is 9.34. The van der Waals surface area contributed by atoms with Crippen LogP contribution in [0.15, 0.2) is 24.3 Å². The lowest BCUT2D eigenvalue weighted by molar-refractivity contribution is -0.126. The molecule has 1 saturated heterocycles. The van der Waals surface area contributed by atoms with Crippen molar-refractivity contribution < 1.29 is 17.9 Å². The van der Waals surface area contributed by atoms with Crippen molar-refractivity contribution >= 4 is 15.9 Å². The molecule has 1 aromatic rings. The van der Waals surface area contributed by atoms with Gasteiger partial charge in [0.15, 0.2) is 0 Å². The number of carbonyl (C=O) groups excluding carboxylic acids is 1. The lowest BCUT2D eigenvalue weighted by Crippen LogP contribution is -2.44. The topological polar surface area (TPSA) is 75.7 Å². The van der Waals surface area contributed by atoms with Crippen LogP contribution in [0.3, 0.4) is 0 Å². The minimum absolute atomic E-state index is 0.0316. The molecule has 1 fully saturated rings. The van der Waals surface area contributed by atoms with Gasteiger partial charge in [-0.3, -0.25) is 4.79 Å². The van der Waals surface area contributed by atoms with Gasteiger partial charge in [-0.25, -0.2) is 12.7 Å². The van der Waals surface area contributed by atoms with Crippen LogP contribution in [0.5, 0.6) is 5.75 Å². The molecule has 26 heavy (non-hydrogen) atoms. The van der Waals surface area contributed by atoms with E-state index in [1.54, 1.807) is 11.4 Å². The van der Waals surface area contributed by atoms with E-state index >= 15 is 0 Å². The van der Waals surface area contributed by atoms with Crippen LogP contribution in [0.1, 0.15) is 38.2 Å². The minimum atomic E-state index is -3.16. The Kier molecular flexibility index (Phi) is 7.90. The van der Waals surface area contributed by atoms with E-state index < -0.39 is 10.0 Å². The van der Waals surface area contributed by atoms with Crippen molar-refractivity contribution in [3.8, 4) is 5.75 Å². The molecule has 1 aliphatic rings. The molecule has 2 rings (SSSR count). The fourth-order valence-electron chi connectivity index (χ4n) is 3.12. The standard InChI is InChI=1S/C19H30N2O4S/c1-3-4-15-26(23,24)21-13-10-17(11-14-21)19(22)20-12-9-16-5-7-18(25-2)8-6-16/h5-8,17H,3-4,9-15H2,1-2H3,(H,20,22). The second-order valence-electron chi connectivity index (χ2n) is 6.73. The van der Waals surface area contributed by atoms with Gasteiger partial charge in [-0.1, -0.05) is 25.5 Å². The average Bonchev–Trinajstić information content (AvgIpc) is 2.67. The molecule has 1 N–H and O–H groups in total. The molecule has 1 heterocycles. The van der Waals surface area contributed by atoms with Gasteiger partial charge < -0.3 is 10.1 Å². The Hall–Kier alpha value is -1.60. The van der Waals surface area contributed by atoms with Crippen molar-refractivity contribution in [1.29, 1.82) is 0 Å². The number of methoxy groups -OCH3 is 1. The van der Waals surface area contributed by atoms with Gasteiger partial charge in [0.25, 0.3) is 0 Å². The molecular weight excluding hydrogens is 352 g/mol. The third kappa shape index (κ3) is 5.99. The van der Waals surface area contributed by atoms with Gasteiger partial charge in [0, 0.05) is 25.6 Å². The third-order valence-corrected chi connectivity index (χ3v) is 6.80. The molecule has 0 unspecified atom stereocenters. The van der Waals surface area contributed by atoms with Crippen LogP contribution in [0.2, 0.25) is 0 Å². The van der Waals surface area contributed by atoms with Crippen LogP contribution in [-0.4, -0.2) is 51.1 Å². The summed E-state index contributed by atoms with van der Waals surface area (Å²) in [6.45, 7) is 3.46. The summed E-state index contributed by atoms with van der Waals surface area (Å²) in [4.78, 5) is 12.3. The maximum Gasteiger partial charge on any atom is 0.223 e. The van der Waals surface area contributed by atoms with E-state index in [9.17, 15) is 13.2 Å². The van der Waals surface area contributed by atoms with Gasteiger partial charge in [0.1, 0.15) is 5.75 Å². The fourth-order valence-corrected chi connectivity index (χ4v) is 4.80. The Balaban J connectivity index is 1.72. The Labute approximate surface area is 157 Å². The van der Waals surface area contributed by atoms with Crippen LogP contribution >= 0.6 is 0 Å². The first kappa shape index (κ1) is 20.7. The Morgan fingerprint density at radius 1 is 1.23 bits per heavy atom. The number of amides is 1. The Morgan fingerprint density at radius 3 is 2.46 bits per heavy atom. The van der Waals surface area contributed by atoms with E-state index in [1.165, 1.54) is 0 Å². The number of nitrogens with zero attached hydrogens (tertiary/aromatic N) is 1. The van der Waals surface area contributed by atoms with Gasteiger partial charge in [-0.05, 0) is 43.4 Å². The summed E-state index contributed by atoms with van der Waals surface area (Å²) in [7, 11) is -1.53. The summed E-state index contributed by atoms with van der Waals surface area (Å²) in [5, 5.41) is 2.98. The van der Waals surface area contributed by atoms with E-state index in [2.05, 4.69) is 5.32 Å². The van der Waals surface area contributed by atoms with Gasteiger partial charge >= 0.3 is 0 Å². The van der Waals surface area contributed by atoms with Crippen molar-refractivity contribution in [2.75, 3.05) is 32.5 Å². The zero-order valence-electron chi connectivity index (χ0n) is 15.7. The van der Waals surface area contributed by atoms with Gasteiger partial charge in [0.2, 0.25) is 15.9 Å². The number of benzene rings is 1. The number of nitrogens with one attached hydrogen (secondary N) is 1. The summed E-state index contributed by atoms with van der Waals surface area (Å²) < 4.78 is 31.1. The molecule has 0 saturated carbocycles. The highest BCUT2D eigenvalue weighted by Crippen LogP contribution is 2.20. The maximum absolute atomic E-state index is 12.3. The van der Waals surface area contributed by atoms with E-state index in [0.717, 1.165) is 24.2 Å². The molecule has 0 atom stereocenters. The first-order chi connectivity index (χ1) is 12.5. The summed E-state index contributed by atoms with van der Waals surface area (Å²) in [5.74, 6) is 0.966. The lowest BCUT2D eigenvalue weighted by atomic mass is 9.97. The molecule has 1 amide bonds. The molecule has 146 valence electrons. The SMILES string of the molecule is CCCCS(=O)(=O)N1CCC(C(=O)NCCc2ccc(OC)cc2)CC1. The molecule has 0 aliphatic carbocycles. The molecule has 6 nitrogen and oxygen atoms in total. The van der Waals surface area contributed by atoms with Gasteiger partial charge in [-0.2, -0.15) is 0 Å². The first-order valence-corrected chi connectivity index (χ1v) is 11.0. The normalized spacial score (nSPS) is 16.4. The number of hydrogen-bond donors (Lipinski definition) is 1. The molecule has 0 aromatic heterocycles. The Morgan fingerprint density at radius 2 is 1.88 bits per heavy atom. The van der Waals surface area contributed by atoms with Crippen LogP contribution in [0.4, 0.5) is 0 Å². The summed E-state index contributed by atoms with van der Waals surface area (Å²) in [5.41, 5.74) is 1.14. The number of unbranched alkanes of at least 4 members (excludes halogenated alkanes) is 1. The number of sulfonamides is 1. The highest BCUT2D eigenvalue weighted by atomic mass is 32.2. The molecule has 0 spiro atoms. The fraction of sp³-hybridized carbons (Fsp3) is 0.632. The zero-order valence-corrected chi connectivity index (χ0v) is 16.6. The Bertz CT molecular complexity index is 665. The summed E-state index contributed by atoms with van der Waals surface area (Å²) in [6, 6.07) is 7.80. The van der Waals surface area contributed by atoms with E-state index in [1.807, 2.05) is 31.2 Å². The number of ether oxygens (including phenoxy) is 1. The zero-order chi connectivity index (χ0) is 19.0. The largest absolute Gasteiger partial charge is 0.497 e. The number of rotatable bonds is 9. The monoisotopic (exact) mass is 382 g/mol. The van der Waals surface area contributed by atoms with Crippen molar-refractivity contribution in [2.24, 2.45) is 5.92 Å². The van der Waals surface area contributed by atoms with Crippen molar-refractivity contribution in [2.45, 2.75) is 39.0 Å². The molecule has 7 heteroatoms. The number of hydrogen-bond acceptors (Lipinski definition) is 4. The summed E-state index contributed by atoms with van der Waals surface area (Å²) >= 11 is 0. The second kappa shape index (κ2) is 9.92. The van der Waals surface area contributed by atoms with E-state index in [-0.39, 0.29) is 17.6 Å². The minimum Gasteiger partial charge on any atom is -0.497 e. The molecular formula is C19H30N2O4S. The van der Waals surface area contributed by atoms with Crippen molar-refractivity contribution in [3.63, 3.8) is 0 Å². The van der Waals surface area contributed by atoms with Crippen molar-refractivity contribution in [1.82, 2.24) is 9.62 Å². The van der Waals surface area contributed by atoms with E-state index in [0.29, 0.717) is 38.9 Å². The van der Waals surface area contributed by atoms with Gasteiger partial charge in [0.05, 0.1) is 12.9 Å². The van der Waals surface area contributed by atoms with Crippen molar-refractivity contribution in [3.05, 3.63) is 29.8 Å². The predicted octanol–water partition coefficient (Wildman–Crippen LogP) is 2.20. The maximum atomic E-state index is 12.3. The number of piperidine rings is 1. The average molecular weight is 383 g/mol. The summed E-state index contributed by atoms with van der Waals surface area (Å²) in [6.07, 6.45) is 3.51. The lowest BCUT2D eigenvalue weighted by Gasteiger charge is -2.30. The molecule has 1 aliphatic heterocycles. The van der Waals surface area contributed by atoms with E-state index in [4.69, 9.17) is 4.74 Å². The molecule has 1 aromatic carbocycles. The van der Waals surface area contributed by atoms with Crippen LogP contribution in [0.25, 0.3) is 0 Å². The third-order valence-electron chi connectivity index (χ3n) is 4.85. The second-order valence-corrected chi connectivity index (χ2v) is 8.82. The predicted molar refractivity (Wildman–Crippen MR) is 103 cm³/mol. The highest BCUT2D eigenvalue weighted by Gasteiger charge is 2.30. The highest BCUT2D eigenvalue weighted by molar-refractivity contribution is 7.89. The smallest absolute Gasteiger partial charge is 0.223 e. The molecule has 0 radical (unpaired) electrons. The van der Waals surface area contributed by atoms with Crippen LogP contribution in [-0.2, 0) is 21.2 Å². The molecule has 0 bridgehead atoms. The van der Waals surface area contributed by atoms with Crippen LogP contribution in [0, 0.1) is 5.92 Å². The number of carbonyl (C=O) groups is 1. The quantitative estimate of drug-likeness (QED) is 0.710. The van der Waals surface area contributed by atoms with Gasteiger partial charge in [-0.15, -0.1) is 0 Å².